The van der Waals surface area contributed by atoms with E-state index in [4.69, 9.17) is 9.62 Å². The van der Waals surface area contributed by atoms with Gasteiger partial charge in [-0.1, -0.05) is 19.0 Å². The number of pyridine rings is 1. The molecule has 2 aliphatic rings. The normalized spacial score (nSPS) is 23.2. The maximum atomic E-state index is 10.8. The summed E-state index contributed by atoms with van der Waals surface area (Å²) in [6.07, 6.45) is 5.86. The third kappa shape index (κ3) is 3.27. The molecule has 8 heteroatoms. The number of allylic oxidation sites excluding steroid dienone is 2. The van der Waals surface area contributed by atoms with Crippen molar-refractivity contribution in [3.63, 3.8) is 0 Å². The number of nitrogens with zero attached hydrogens (tertiary/aromatic N) is 6. The van der Waals surface area contributed by atoms with Gasteiger partial charge in [0, 0.05) is 47.3 Å². The van der Waals surface area contributed by atoms with Gasteiger partial charge in [-0.05, 0) is 61.6 Å². The molecular weight excluding hydrogens is 452 g/mol. The second kappa shape index (κ2) is 8.16. The Labute approximate surface area is 208 Å². The van der Waals surface area contributed by atoms with Gasteiger partial charge in [0.1, 0.15) is 5.76 Å². The largest absolute Gasteiger partial charge is 0.511 e. The van der Waals surface area contributed by atoms with Crippen LogP contribution in [-0.2, 0) is 11.8 Å². The fraction of sp³-hybridized carbons (Fsp3) is 0.321. The Kier molecular flexibility index (Phi) is 5.04. The van der Waals surface area contributed by atoms with Gasteiger partial charge in [0.15, 0.2) is 0 Å². The molecule has 3 heterocycles. The number of rotatable bonds is 3. The lowest BCUT2D eigenvalue weighted by molar-refractivity contribution is 0.134. The summed E-state index contributed by atoms with van der Waals surface area (Å²) in [5.74, 6) is 1.40. The molecule has 4 aromatic rings. The van der Waals surface area contributed by atoms with Crippen LogP contribution in [0.1, 0.15) is 43.8 Å². The molecular formula is C28H26N6O2. The highest BCUT2D eigenvalue weighted by Gasteiger charge is 2.51. The lowest BCUT2D eigenvalue weighted by Gasteiger charge is -2.47. The van der Waals surface area contributed by atoms with Gasteiger partial charge in [-0.2, -0.15) is 15.3 Å². The molecule has 3 aromatic heterocycles. The van der Waals surface area contributed by atoms with Gasteiger partial charge in [-0.25, -0.2) is 4.68 Å². The molecule has 0 amide bonds. The van der Waals surface area contributed by atoms with E-state index in [2.05, 4.69) is 28.1 Å². The molecule has 180 valence electrons. The number of nitriles is 1. The summed E-state index contributed by atoms with van der Waals surface area (Å²) >= 11 is 0. The van der Waals surface area contributed by atoms with E-state index in [1.54, 1.807) is 13.1 Å². The quantitative estimate of drug-likeness (QED) is 0.414. The van der Waals surface area contributed by atoms with Crippen LogP contribution in [0.25, 0.3) is 28.3 Å². The monoisotopic (exact) mass is 478 g/mol. The highest BCUT2D eigenvalue weighted by atomic mass is 16.5. The van der Waals surface area contributed by atoms with Crippen LogP contribution in [0.5, 0.6) is 0 Å². The van der Waals surface area contributed by atoms with Crippen molar-refractivity contribution in [3.05, 3.63) is 77.3 Å². The molecule has 0 fully saturated rings. The summed E-state index contributed by atoms with van der Waals surface area (Å²) < 4.78 is 7.16. The molecule has 1 aromatic carbocycles. The summed E-state index contributed by atoms with van der Waals surface area (Å²) in [5.41, 5.74) is 6.06. The number of aromatic nitrogens is 5. The summed E-state index contributed by atoms with van der Waals surface area (Å²) in [4.78, 5) is 8.66. The van der Waals surface area contributed by atoms with Crippen LogP contribution in [0.15, 0.2) is 64.6 Å². The summed E-state index contributed by atoms with van der Waals surface area (Å²) in [5, 5.41) is 29.7. The van der Waals surface area contributed by atoms with E-state index in [-0.39, 0.29) is 23.0 Å². The Morgan fingerprint density at radius 1 is 1.19 bits per heavy atom. The van der Waals surface area contributed by atoms with E-state index in [0.29, 0.717) is 23.7 Å². The van der Waals surface area contributed by atoms with Crippen LogP contribution in [0, 0.1) is 30.1 Å². The van der Waals surface area contributed by atoms with Crippen LogP contribution in [0.4, 0.5) is 0 Å². The van der Waals surface area contributed by atoms with Crippen LogP contribution in [0.3, 0.4) is 0 Å². The lowest BCUT2D eigenvalue weighted by Crippen LogP contribution is -2.45. The lowest BCUT2D eigenvalue weighted by atomic mass is 9.56. The minimum Gasteiger partial charge on any atom is -0.511 e. The minimum atomic E-state index is -0.360. The van der Waals surface area contributed by atoms with E-state index >= 15 is 0 Å². The van der Waals surface area contributed by atoms with Gasteiger partial charge in [-0.15, -0.1) is 0 Å². The van der Waals surface area contributed by atoms with Gasteiger partial charge < -0.3 is 9.63 Å². The van der Waals surface area contributed by atoms with Crippen molar-refractivity contribution in [1.82, 2.24) is 24.9 Å². The summed E-state index contributed by atoms with van der Waals surface area (Å²) in [6, 6.07) is 14.2. The first kappa shape index (κ1) is 22.2. The second-order valence-electron chi connectivity index (χ2n) is 10.0. The van der Waals surface area contributed by atoms with E-state index in [0.717, 1.165) is 41.0 Å². The molecule has 6 rings (SSSR count). The number of hydrogen-bond donors (Lipinski definition) is 1. The molecule has 0 saturated carbocycles. The second-order valence-corrected chi connectivity index (χ2v) is 10.0. The van der Waals surface area contributed by atoms with Crippen molar-refractivity contribution in [2.45, 2.75) is 45.4 Å². The predicted octanol–water partition coefficient (Wildman–Crippen LogP) is 5.49. The Morgan fingerprint density at radius 3 is 2.67 bits per heavy atom. The molecule has 0 saturated heterocycles. The number of fused-ring (bicyclic) bond motifs is 3. The number of benzene rings is 1. The molecule has 0 spiro atoms. The number of aliphatic hydroxyl groups is 1. The van der Waals surface area contributed by atoms with Gasteiger partial charge in [0.2, 0.25) is 11.7 Å². The van der Waals surface area contributed by atoms with E-state index < -0.39 is 0 Å². The number of hydrogen-bond acceptors (Lipinski definition) is 7. The van der Waals surface area contributed by atoms with E-state index in [1.165, 1.54) is 5.56 Å². The Hall–Kier alpha value is -4.25. The van der Waals surface area contributed by atoms with Crippen molar-refractivity contribution >= 4 is 0 Å². The first-order valence-electron chi connectivity index (χ1n) is 12.2. The molecule has 0 aliphatic heterocycles. The van der Waals surface area contributed by atoms with Crippen molar-refractivity contribution in [1.29, 1.82) is 5.26 Å². The SMILES string of the molecule is Cc1nc(-c2ccc(-n3nc(-c4cccnc4)c4c3[C@]3(C)CC(C#N)=C(O)[C@H](C)[C@H]3CC4)cc2)no1. The molecule has 1 N–H and O–H groups in total. The average Bonchev–Trinajstić information content (AvgIpc) is 3.51. The summed E-state index contributed by atoms with van der Waals surface area (Å²) in [7, 11) is 0. The van der Waals surface area contributed by atoms with Gasteiger partial charge >= 0.3 is 0 Å². The van der Waals surface area contributed by atoms with E-state index in [1.807, 2.05) is 54.2 Å². The third-order valence-corrected chi connectivity index (χ3v) is 7.90. The van der Waals surface area contributed by atoms with Crippen molar-refractivity contribution < 1.29 is 9.63 Å². The zero-order valence-electron chi connectivity index (χ0n) is 20.4. The van der Waals surface area contributed by atoms with Crippen LogP contribution >= 0.6 is 0 Å². The van der Waals surface area contributed by atoms with Crippen molar-refractivity contribution in [3.8, 4) is 34.4 Å². The van der Waals surface area contributed by atoms with E-state index in [9.17, 15) is 10.4 Å². The van der Waals surface area contributed by atoms with Gasteiger partial charge in [0.05, 0.1) is 28.7 Å². The van der Waals surface area contributed by atoms with Gasteiger partial charge in [-0.3, -0.25) is 4.98 Å². The van der Waals surface area contributed by atoms with Crippen molar-refractivity contribution in [2.24, 2.45) is 11.8 Å². The standard InChI is InChI=1S/C28H26N6O2/c1-16-23-11-10-22-24(19-5-4-12-30-15-19)32-34(26(22)28(23,3)13-20(14-29)25(16)35)21-8-6-18(7-9-21)27-31-17(2)36-33-27/h4-9,12,15-16,23,35H,10-11,13H2,1-3H3/t16-,23-,28-/m1/s1. The molecule has 0 unspecified atom stereocenters. The van der Waals surface area contributed by atoms with Crippen LogP contribution in [-0.4, -0.2) is 30.0 Å². The van der Waals surface area contributed by atoms with Crippen LogP contribution < -0.4 is 0 Å². The number of aryl methyl sites for hydroxylation is 1. The molecule has 0 bridgehead atoms. The topological polar surface area (TPSA) is 114 Å². The molecule has 0 radical (unpaired) electrons. The zero-order valence-corrected chi connectivity index (χ0v) is 20.4. The molecule has 36 heavy (non-hydrogen) atoms. The molecule has 8 nitrogen and oxygen atoms in total. The van der Waals surface area contributed by atoms with Crippen molar-refractivity contribution in [2.75, 3.05) is 0 Å². The number of aliphatic hydroxyl groups excluding tert-OH is 1. The zero-order chi connectivity index (χ0) is 25.0. The maximum Gasteiger partial charge on any atom is 0.223 e. The average molecular weight is 479 g/mol. The minimum absolute atomic E-state index is 0.0967. The molecule has 2 aliphatic carbocycles. The highest BCUT2D eigenvalue weighted by molar-refractivity contribution is 5.66. The van der Waals surface area contributed by atoms with Gasteiger partial charge in [0.25, 0.3) is 0 Å². The maximum absolute atomic E-state index is 10.8. The first-order chi connectivity index (χ1) is 17.4. The Morgan fingerprint density at radius 2 is 2.00 bits per heavy atom. The predicted molar refractivity (Wildman–Crippen MR) is 133 cm³/mol. The summed E-state index contributed by atoms with van der Waals surface area (Å²) in [6.45, 7) is 6.02. The van der Waals surface area contributed by atoms with Crippen LogP contribution in [0.2, 0.25) is 0 Å². The first-order valence-corrected chi connectivity index (χ1v) is 12.2. The Bertz CT molecular complexity index is 1530. The smallest absolute Gasteiger partial charge is 0.223 e. The highest BCUT2D eigenvalue weighted by Crippen LogP contribution is 2.55. The Balaban J connectivity index is 1.54. The fourth-order valence-electron chi connectivity index (χ4n) is 6.19. The fourth-order valence-corrected chi connectivity index (χ4v) is 6.19. The molecule has 3 atom stereocenters. The third-order valence-electron chi connectivity index (χ3n) is 7.90.